The van der Waals surface area contributed by atoms with Gasteiger partial charge in [0.1, 0.15) is 0 Å². The van der Waals surface area contributed by atoms with E-state index in [9.17, 15) is 5.11 Å². The molecule has 1 aliphatic rings. The largest absolute Gasteiger partial charge is 0.504 e. The van der Waals surface area contributed by atoms with Crippen LogP contribution >= 0.6 is 0 Å². The number of nitrogens with zero attached hydrogens (tertiary/aromatic N) is 1. The van der Waals surface area contributed by atoms with Crippen molar-refractivity contribution in [2.75, 3.05) is 26.8 Å². The Morgan fingerprint density at radius 1 is 1.47 bits per heavy atom. The van der Waals surface area contributed by atoms with E-state index < -0.39 is 0 Å². The third-order valence-corrected chi connectivity index (χ3v) is 3.58. The highest BCUT2D eigenvalue weighted by Crippen LogP contribution is 2.27. The van der Waals surface area contributed by atoms with Crippen LogP contribution in [0.4, 0.5) is 0 Å². The van der Waals surface area contributed by atoms with E-state index in [0.717, 1.165) is 38.2 Å². The van der Waals surface area contributed by atoms with Gasteiger partial charge in [0, 0.05) is 19.7 Å². The molecule has 0 aromatic heterocycles. The van der Waals surface area contributed by atoms with E-state index in [2.05, 4.69) is 11.8 Å². The van der Waals surface area contributed by atoms with Gasteiger partial charge in [-0.3, -0.25) is 4.90 Å². The van der Waals surface area contributed by atoms with Crippen molar-refractivity contribution in [2.24, 2.45) is 0 Å². The Balaban J connectivity index is 1.95. The van der Waals surface area contributed by atoms with E-state index in [1.165, 1.54) is 6.42 Å². The van der Waals surface area contributed by atoms with Crippen LogP contribution in [0.5, 0.6) is 11.5 Å². The molecular weight excluding hydrogens is 242 g/mol. The maximum Gasteiger partial charge on any atom is 0.160 e. The first-order chi connectivity index (χ1) is 9.22. The Morgan fingerprint density at radius 2 is 2.32 bits per heavy atom. The Kier molecular flexibility index (Phi) is 5.05. The third kappa shape index (κ3) is 3.85. The van der Waals surface area contributed by atoms with Crippen LogP contribution in [0.3, 0.4) is 0 Å². The molecule has 4 heteroatoms. The van der Waals surface area contributed by atoms with Gasteiger partial charge in [0.25, 0.3) is 0 Å². The second-order valence-corrected chi connectivity index (χ2v) is 4.97. The minimum Gasteiger partial charge on any atom is -0.504 e. The summed E-state index contributed by atoms with van der Waals surface area (Å²) in [6, 6.07) is 5.58. The van der Waals surface area contributed by atoms with Gasteiger partial charge in [0.05, 0.1) is 13.2 Å². The lowest BCUT2D eigenvalue weighted by Crippen LogP contribution is -2.31. The van der Waals surface area contributed by atoms with Gasteiger partial charge in [0.2, 0.25) is 0 Å². The fraction of sp³-hybridized carbons (Fsp3) is 0.600. The zero-order chi connectivity index (χ0) is 13.7. The van der Waals surface area contributed by atoms with Gasteiger partial charge in [-0.2, -0.15) is 0 Å². The third-order valence-electron chi connectivity index (χ3n) is 3.58. The number of phenolic OH excluding ortho intramolecular Hbond substituents is 1. The molecule has 0 bridgehead atoms. The van der Waals surface area contributed by atoms with Gasteiger partial charge in [-0.05, 0) is 37.1 Å². The molecule has 0 saturated carbocycles. The minimum atomic E-state index is 0.202. The van der Waals surface area contributed by atoms with Crippen LogP contribution in [0.1, 0.15) is 25.3 Å². The summed E-state index contributed by atoms with van der Waals surface area (Å²) in [5.41, 5.74) is 1.10. The monoisotopic (exact) mass is 265 g/mol. The molecule has 1 saturated heterocycles. The lowest BCUT2D eigenvalue weighted by molar-refractivity contribution is 0.0725. The van der Waals surface area contributed by atoms with E-state index in [1.807, 2.05) is 12.1 Å². The van der Waals surface area contributed by atoms with Crippen LogP contribution in [0.2, 0.25) is 0 Å². The standard InChI is InChI=1S/C15H23NO3/c1-3-16(11-13-5-4-8-19-13)10-12-6-7-15(18-2)14(17)9-12/h6-7,9,13,17H,3-5,8,10-11H2,1-2H3. The van der Waals surface area contributed by atoms with Crippen LogP contribution in [0.25, 0.3) is 0 Å². The van der Waals surface area contributed by atoms with Crippen molar-refractivity contribution in [1.29, 1.82) is 0 Å². The summed E-state index contributed by atoms with van der Waals surface area (Å²) in [7, 11) is 1.56. The summed E-state index contributed by atoms with van der Waals surface area (Å²) < 4.78 is 10.7. The lowest BCUT2D eigenvalue weighted by atomic mass is 10.1. The topological polar surface area (TPSA) is 41.9 Å². The molecule has 0 amide bonds. The van der Waals surface area contributed by atoms with Gasteiger partial charge in [-0.1, -0.05) is 13.0 Å². The molecule has 1 aromatic carbocycles. The van der Waals surface area contributed by atoms with Gasteiger partial charge in [-0.25, -0.2) is 0 Å². The molecule has 1 unspecified atom stereocenters. The summed E-state index contributed by atoms with van der Waals surface area (Å²) in [5, 5.41) is 9.79. The lowest BCUT2D eigenvalue weighted by Gasteiger charge is -2.23. The first kappa shape index (κ1) is 14.2. The van der Waals surface area contributed by atoms with Crippen LogP contribution in [-0.4, -0.2) is 42.9 Å². The number of aromatic hydroxyl groups is 1. The second kappa shape index (κ2) is 6.78. The van der Waals surface area contributed by atoms with E-state index in [4.69, 9.17) is 9.47 Å². The van der Waals surface area contributed by atoms with E-state index >= 15 is 0 Å². The Morgan fingerprint density at radius 3 is 2.89 bits per heavy atom. The number of benzene rings is 1. The van der Waals surface area contributed by atoms with Crippen LogP contribution in [0.15, 0.2) is 18.2 Å². The number of hydrogen-bond donors (Lipinski definition) is 1. The van der Waals surface area contributed by atoms with Crippen molar-refractivity contribution >= 4 is 0 Å². The van der Waals surface area contributed by atoms with Crippen molar-refractivity contribution < 1.29 is 14.6 Å². The minimum absolute atomic E-state index is 0.202. The highest BCUT2D eigenvalue weighted by molar-refractivity contribution is 5.41. The molecule has 1 fully saturated rings. The molecule has 0 radical (unpaired) electrons. The Hall–Kier alpha value is -1.26. The summed E-state index contributed by atoms with van der Waals surface area (Å²) >= 11 is 0. The second-order valence-electron chi connectivity index (χ2n) is 4.97. The maximum absolute atomic E-state index is 9.79. The number of ether oxygens (including phenoxy) is 2. The molecule has 2 rings (SSSR count). The quantitative estimate of drug-likeness (QED) is 0.857. The van der Waals surface area contributed by atoms with Crippen LogP contribution in [-0.2, 0) is 11.3 Å². The van der Waals surface area contributed by atoms with Crippen molar-refractivity contribution in [3.63, 3.8) is 0 Å². The van der Waals surface area contributed by atoms with Gasteiger partial charge in [-0.15, -0.1) is 0 Å². The van der Waals surface area contributed by atoms with Crippen molar-refractivity contribution in [1.82, 2.24) is 4.90 Å². The maximum atomic E-state index is 9.79. The predicted molar refractivity (Wildman–Crippen MR) is 74.6 cm³/mol. The smallest absolute Gasteiger partial charge is 0.160 e. The summed E-state index contributed by atoms with van der Waals surface area (Å²) in [4.78, 5) is 2.34. The summed E-state index contributed by atoms with van der Waals surface area (Å²) in [5.74, 6) is 0.721. The molecule has 1 aromatic rings. The SMILES string of the molecule is CCN(Cc1ccc(OC)c(O)c1)CC1CCCO1. The van der Waals surface area contributed by atoms with Crippen LogP contribution < -0.4 is 4.74 Å². The molecule has 0 spiro atoms. The van der Waals surface area contributed by atoms with Gasteiger partial charge >= 0.3 is 0 Å². The zero-order valence-corrected chi connectivity index (χ0v) is 11.8. The van der Waals surface area contributed by atoms with Crippen molar-refractivity contribution in [3.05, 3.63) is 23.8 Å². The molecule has 0 aliphatic carbocycles. The summed E-state index contributed by atoms with van der Waals surface area (Å²) in [6.07, 6.45) is 2.70. The predicted octanol–water partition coefficient (Wildman–Crippen LogP) is 2.40. The van der Waals surface area contributed by atoms with Gasteiger partial charge in [0.15, 0.2) is 11.5 Å². The highest BCUT2D eigenvalue weighted by atomic mass is 16.5. The first-order valence-electron chi connectivity index (χ1n) is 6.92. The molecular formula is C15H23NO3. The normalized spacial score (nSPS) is 19.0. The number of hydrogen-bond acceptors (Lipinski definition) is 4. The highest BCUT2D eigenvalue weighted by Gasteiger charge is 2.18. The van der Waals surface area contributed by atoms with E-state index in [-0.39, 0.29) is 5.75 Å². The molecule has 106 valence electrons. The van der Waals surface area contributed by atoms with Gasteiger partial charge < -0.3 is 14.6 Å². The Labute approximate surface area is 114 Å². The molecule has 1 atom stereocenters. The first-order valence-corrected chi connectivity index (χ1v) is 6.92. The number of likely N-dealkylation sites (N-methyl/N-ethyl adjacent to an activating group) is 1. The summed E-state index contributed by atoms with van der Waals surface area (Å²) in [6.45, 7) is 5.81. The van der Waals surface area contributed by atoms with Crippen molar-refractivity contribution in [3.8, 4) is 11.5 Å². The molecule has 1 heterocycles. The fourth-order valence-corrected chi connectivity index (χ4v) is 2.47. The number of methoxy groups -OCH3 is 1. The Bertz CT molecular complexity index is 402. The molecule has 19 heavy (non-hydrogen) atoms. The van der Waals surface area contributed by atoms with E-state index in [0.29, 0.717) is 11.9 Å². The molecule has 4 nitrogen and oxygen atoms in total. The molecule has 1 N–H and O–H groups in total. The fourth-order valence-electron chi connectivity index (χ4n) is 2.47. The number of rotatable bonds is 6. The van der Waals surface area contributed by atoms with Crippen LogP contribution in [0, 0.1) is 0 Å². The number of phenols is 1. The zero-order valence-electron chi connectivity index (χ0n) is 11.8. The average Bonchev–Trinajstić information content (AvgIpc) is 2.91. The average molecular weight is 265 g/mol. The van der Waals surface area contributed by atoms with E-state index in [1.54, 1.807) is 13.2 Å². The van der Waals surface area contributed by atoms with Crippen molar-refractivity contribution in [2.45, 2.75) is 32.4 Å². The molecule has 1 aliphatic heterocycles.